The molecule has 2 N–H and O–H groups in total. The number of benzodiazepines with no additional fused rings is 1. The first-order valence-corrected chi connectivity index (χ1v) is 7.64. The van der Waals surface area contributed by atoms with Gasteiger partial charge in [-0.05, 0) is 18.2 Å². The molecule has 1 amide bonds. The van der Waals surface area contributed by atoms with Crippen LogP contribution in [0.2, 0.25) is 0 Å². The first-order chi connectivity index (χ1) is 11.0. The second kappa shape index (κ2) is 6.47. The number of fused-ring (bicyclic) bond motifs is 1. The highest BCUT2D eigenvalue weighted by molar-refractivity contribution is 7.99. The zero-order valence-corrected chi connectivity index (χ0v) is 12.6. The number of hydrogen-bond donors (Lipinski definition) is 2. The van der Waals surface area contributed by atoms with Gasteiger partial charge in [0.1, 0.15) is 0 Å². The molecule has 0 aromatic heterocycles. The van der Waals surface area contributed by atoms with E-state index in [9.17, 15) is 18.7 Å². The van der Waals surface area contributed by atoms with Gasteiger partial charge in [0.2, 0.25) is 6.23 Å². The van der Waals surface area contributed by atoms with Crippen LogP contribution < -0.4 is 5.32 Å². The number of carbonyl (C=O) groups is 1. The zero-order chi connectivity index (χ0) is 16.4. The van der Waals surface area contributed by atoms with Crippen molar-refractivity contribution in [2.24, 2.45) is 4.99 Å². The van der Waals surface area contributed by atoms with Crippen molar-refractivity contribution in [3.8, 4) is 0 Å². The van der Waals surface area contributed by atoms with Crippen LogP contribution in [0.5, 0.6) is 0 Å². The molecule has 118 valence electrons. The number of hydrogen-bond acceptors (Lipinski definition) is 4. The van der Waals surface area contributed by atoms with E-state index in [-0.39, 0.29) is 0 Å². The van der Waals surface area contributed by atoms with Crippen LogP contribution >= 0.6 is 11.8 Å². The van der Waals surface area contributed by atoms with Crippen molar-refractivity contribution in [1.29, 1.82) is 0 Å². The van der Waals surface area contributed by atoms with E-state index in [0.717, 1.165) is 0 Å². The molecule has 0 fully saturated rings. The van der Waals surface area contributed by atoms with Crippen molar-refractivity contribution in [2.75, 3.05) is 5.32 Å². The van der Waals surface area contributed by atoms with Crippen molar-refractivity contribution < 1.29 is 18.7 Å². The van der Waals surface area contributed by atoms with Gasteiger partial charge < -0.3 is 10.4 Å². The van der Waals surface area contributed by atoms with E-state index in [1.165, 1.54) is 18.2 Å². The van der Waals surface area contributed by atoms with E-state index in [1.807, 2.05) is 6.07 Å². The number of rotatable bonds is 3. The summed E-state index contributed by atoms with van der Waals surface area (Å²) in [4.78, 5) is 16.2. The molecule has 1 aliphatic rings. The Kier molecular flexibility index (Phi) is 4.40. The summed E-state index contributed by atoms with van der Waals surface area (Å²) < 4.78 is 25.2. The number of aliphatic imine (C=N–C) groups is 1. The Morgan fingerprint density at radius 2 is 1.91 bits per heavy atom. The zero-order valence-electron chi connectivity index (χ0n) is 11.7. The monoisotopic (exact) mass is 334 g/mol. The summed E-state index contributed by atoms with van der Waals surface area (Å²) in [6.45, 7) is 0. The standard InChI is InChI=1S/C16H12F2N2O2S/c17-16(18)23-10-6-7-12-11(8-10)13(9-4-2-1-3-5-9)20-15(22)14(21)19-12/h1-8,15-16,22H,(H,19,21). The molecule has 1 aliphatic heterocycles. The van der Waals surface area contributed by atoms with Gasteiger partial charge in [0, 0.05) is 16.0 Å². The second-order valence-electron chi connectivity index (χ2n) is 4.79. The molecule has 0 aliphatic carbocycles. The summed E-state index contributed by atoms with van der Waals surface area (Å²) >= 11 is 0.413. The Balaban J connectivity index is 2.14. The summed E-state index contributed by atoms with van der Waals surface area (Å²) in [5.74, 6) is -3.21. The lowest BCUT2D eigenvalue weighted by atomic mass is 10.0. The first kappa shape index (κ1) is 15.6. The highest BCUT2D eigenvalue weighted by Gasteiger charge is 2.24. The summed E-state index contributed by atoms with van der Waals surface area (Å²) in [7, 11) is 0. The molecule has 23 heavy (non-hydrogen) atoms. The van der Waals surface area contributed by atoms with Gasteiger partial charge in [0.25, 0.3) is 11.7 Å². The number of carbonyl (C=O) groups excluding carboxylic acids is 1. The highest BCUT2D eigenvalue weighted by atomic mass is 32.2. The molecule has 3 rings (SSSR count). The topological polar surface area (TPSA) is 61.7 Å². The molecule has 0 radical (unpaired) electrons. The number of nitrogens with one attached hydrogen (secondary N) is 1. The summed E-state index contributed by atoms with van der Waals surface area (Å²) in [5.41, 5.74) is 1.98. The second-order valence-corrected chi connectivity index (χ2v) is 5.86. The Hall–Kier alpha value is -2.25. The van der Waals surface area contributed by atoms with Crippen LogP contribution in [0.25, 0.3) is 0 Å². The molecule has 0 bridgehead atoms. The Bertz CT molecular complexity index is 766. The normalized spacial score (nSPS) is 17.3. The maximum Gasteiger partial charge on any atom is 0.288 e. The molecule has 1 unspecified atom stereocenters. The molecule has 0 spiro atoms. The third kappa shape index (κ3) is 3.40. The van der Waals surface area contributed by atoms with Crippen LogP contribution in [0.4, 0.5) is 14.5 Å². The van der Waals surface area contributed by atoms with Crippen LogP contribution in [0, 0.1) is 0 Å². The van der Waals surface area contributed by atoms with Gasteiger partial charge in [0.05, 0.1) is 11.4 Å². The number of thioether (sulfide) groups is 1. The van der Waals surface area contributed by atoms with Gasteiger partial charge in [0.15, 0.2) is 0 Å². The maximum absolute atomic E-state index is 12.6. The lowest BCUT2D eigenvalue weighted by Gasteiger charge is -2.11. The number of aliphatic hydroxyl groups is 1. The quantitative estimate of drug-likeness (QED) is 0.848. The third-order valence-corrected chi connectivity index (χ3v) is 3.97. The smallest absolute Gasteiger partial charge is 0.288 e. The molecule has 7 heteroatoms. The predicted octanol–water partition coefficient (Wildman–Crippen LogP) is 3.11. The summed E-state index contributed by atoms with van der Waals surface area (Å²) in [5, 5.41) is 12.4. The fourth-order valence-electron chi connectivity index (χ4n) is 2.28. The van der Waals surface area contributed by atoms with E-state index >= 15 is 0 Å². The predicted molar refractivity (Wildman–Crippen MR) is 85.0 cm³/mol. The van der Waals surface area contributed by atoms with Crippen LogP contribution in [-0.4, -0.2) is 28.7 Å². The van der Waals surface area contributed by atoms with Crippen molar-refractivity contribution in [3.63, 3.8) is 0 Å². The lowest BCUT2D eigenvalue weighted by molar-refractivity contribution is -0.123. The van der Waals surface area contributed by atoms with Gasteiger partial charge in [-0.2, -0.15) is 8.78 Å². The molecular formula is C16H12F2N2O2S. The van der Waals surface area contributed by atoms with Crippen LogP contribution in [-0.2, 0) is 4.79 Å². The minimum Gasteiger partial charge on any atom is -0.364 e. The molecule has 4 nitrogen and oxygen atoms in total. The van der Waals surface area contributed by atoms with Crippen molar-refractivity contribution in [1.82, 2.24) is 0 Å². The van der Waals surface area contributed by atoms with Gasteiger partial charge in [-0.3, -0.25) is 4.79 Å². The third-order valence-electron chi connectivity index (χ3n) is 3.26. The number of nitrogens with zero attached hydrogens (tertiary/aromatic N) is 1. The van der Waals surface area contributed by atoms with E-state index < -0.39 is 17.9 Å². The van der Waals surface area contributed by atoms with Crippen LogP contribution in [0.15, 0.2) is 58.4 Å². The Labute approximate surface area is 135 Å². The van der Waals surface area contributed by atoms with E-state index in [0.29, 0.717) is 39.2 Å². The minimum absolute atomic E-state index is 0.355. The van der Waals surface area contributed by atoms with Crippen molar-refractivity contribution in [2.45, 2.75) is 16.9 Å². The molecule has 1 atom stereocenters. The number of alkyl halides is 2. The average molecular weight is 334 g/mol. The molecule has 0 saturated carbocycles. The average Bonchev–Trinajstić information content (AvgIpc) is 2.65. The number of aliphatic hydroxyl groups excluding tert-OH is 1. The molecule has 2 aromatic rings. The largest absolute Gasteiger partial charge is 0.364 e. The fourth-order valence-corrected chi connectivity index (χ4v) is 2.82. The van der Waals surface area contributed by atoms with Crippen LogP contribution in [0.3, 0.4) is 0 Å². The number of benzene rings is 2. The highest BCUT2D eigenvalue weighted by Crippen LogP contribution is 2.31. The fraction of sp³-hybridized carbons (Fsp3) is 0.125. The molecule has 2 aromatic carbocycles. The lowest BCUT2D eigenvalue weighted by Crippen LogP contribution is -2.24. The summed E-state index contributed by atoms with van der Waals surface area (Å²) in [6.07, 6.45) is -1.55. The van der Waals surface area contributed by atoms with E-state index in [2.05, 4.69) is 10.3 Å². The van der Waals surface area contributed by atoms with E-state index in [1.54, 1.807) is 24.3 Å². The SMILES string of the molecule is O=C1Nc2ccc(SC(F)F)cc2C(c2ccccc2)=NC1O. The first-order valence-electron chi connectivity index (χ1n) is 6.76. The van der Waals surface area contributed by atoms with Gasteiger partial charge >= 0.3 is 0 Å². The van der Waals surface area contributed by atoms with Crippen molar-refractivity contribution in [3.05, 3.63) is 59.7 Å². The van der Waals surface area contributed by atoms with Gasteiger partial charge in [-0.15, -0.1) is 0 Å². The summed E-state index contributed by atoms with van der Waals surface area (Å²) in [6, 6.07) is 13.5. The Morgan fingerprint density at radius 3 is 2.61 bits per heavy atom. The number of anilines is 1. The van der Waals surface area contributed by atoms with Crippen LogP contribution in [0.1, 0.15) is 11.1 Å². The number of amides is 1. The molecule has 1 heterocycles. The molecular weight excluding hydrogens is 322 g/mol. The minimum atomic E-state index is -2.55. The van der Waals surface area contributed by atoms with E-state index in [4.69, 9.17) is 0 Å². The van der Waals surface area contributed by atoms with Crippen molar-refractivity contribution >= 4 is 29.1 Å². The molecule has 0 saturated heterocycles. The number of halogens is 2. The Morgan fingerprint density at radius 1 is 1.17 bits per heavy atom. The van der Waals surface area contributed by atoms with Gasteiger partial charge in [-0.1, -0.05) is 42.1 Å². The van der Waals surface area contributed by atoms with Gasteiger partial charge in [-0.25, -0.2) is 4.99 Å². The maximum atomic E-state index is 12.6.